The lowest BCUT2D eigenvalue weighted by atomic mass is 10.2. The van der Waals surface area contributed by atoms with E-state index < -0.39 is 0 Å². The van der Waals surface area contributed by atoms with Gasteiger partial charge in [-0.3, -0.25) is 0 Å². The molecule has 0 fully saturated rings. The van der Waals surface area contributed by atoms with Gasteiger partial charge < -0.3 is 5.73 Å². The minimum atomic E-state index is 0.372. The first-order valence-corrected chi connectivity index (χ1v) is 7.00. The molecular weight excluding hydrogens is 333 g/mol. The number of halogens is 3. The van der Waals surface area contributed by atoms with Crippen LogP contribution >= 0.6 is 34.8 Å². The first kappa shape index (κ1) is 14.1. The molecule has 1 heterocycles. The molecule has 0 bridgehead atoms. The van der Waals surface area contributed by atoms with Crippen LogP contribution in [0.3, 0.4) is 0 Å². The number of nitrogen functional groups attached to an aromatic ring is 1. The maximum atomic E-state index is 6.22. The van der Waals surface area contributed by atoms with E-state index in [1.54, 1.807) is 36.4 Å². The van der Waals surface area contributed by atoms with E-state index in [0.717, 1.165) is 0 Å². The number of tetrazole rings is 1. The molecule has 0 amide bonds. The van der Waals surface area contributed by atoms with E-state index in [2.05, 4.69) is 15.5 Å². The molecular formula is C13H8Cl3N5. The van der Waals surface area contributed by atoms with Crippen LogP contribution in [0.1, 0.15) is 0 Å². The van der Waals surface area contributed by atoms with Crippen LogP contribution in [0.4, 0.5) is 5.69 Å². The molecule has 0 radical (unpaired) electrons. The fourth-order valence-electron chi connectivity index (χ4n) is 1.92. The lowest BCUT2D eigenvalue weighted by molar-refractivity contribution is 0.791. The molecule has 3 rings (SSSR count). The first-order valence-electron chi connectivity index (χ1n) is 5.86. The van der Waals surface area contributed by atoms with Crippen molar-refractivity contribution in [1.82, 2.24) is 20.2 Å². The van der Waals surface area contributed by atoms with Gasteiger partial charge in [-0.05, 0) is 34.7 Å². The Morgan fingerprint density at radius 2 is 1.62 bits per heavy atom. The third-order valence-electron chi connectivity index (χ3n) is 2.89. The second-order valence-corrected chi connectivity index (χ2v) is 5.39. The van der Waals surface area contributed by atoms with Gasteiger partial charge >= 0.3 is 0 Å². The van der Waals surface area contributed by atoms with Gasteiger partial charge in [0.2, 0.25) is 0 Å². The van der Waals surface area contributed by atoms with E-state index in [0.29, 0.717) is 37.8 Å². The van der Waals surface area contributed by atoms with Gasteiger partial charge in [0.1, 0.15) is 5.69 Å². The molecule has 0 aliphatic carbocycles. The largest absolute Gasteiger partial charge is 0.398 e. The van der Waals surface area contributed by atoms with Crippen LogP contribution in [0, 0.1) is 0 Å². The Balaban J connectivity index is 2.25. The smallest absolute Gasteiger partial charge is 0.188 e. The van der Waals surface area contributed by atoms with E-state index in [-0.39, 0.29) is 0 Å². The summed E-state index contributed by atoms with van der Waals surface area (Å²) in [6, 6.07) is 10.4. The summed E-state index contributed by atoms with van der Waals surface area (Å²) in [5.41, 5.74) is 7.33. The molecule has 3 aromatic rings. The summed E-state index contributed by atoms with van der Waals surface area (Å²) in [6.07, 6.45) is 0. The first-order chi connectivity index (χ1) is 10.1. The van der Waals surface area contributed by atoms with Crippen molar-refractivity contribution < 1.29 is 0 Å². The van der Waals surface area contributed by atoms with Crippen molar-refractivity contribution in [3.05, 3.63) is 51.5 Å². The monoisotopic (exact) mass is 339 g/mol. The maximum Gasteiger partial charge on any atom is 0.188 e. The number of nitrogens with zero attached hydrogens (tertiary/aromatic N) is 4. The SMILES string of the molecule is Nc1cccc(-c2nnnn2-c2c(Cl)cccc2Cl)c1Cl. The van der Waals surface area contributed by atoms with Crippen molar-refractivity contribution in [3.63, 3.8) is 0 Å². The summed E-state index contributed by atoms with van der Waals surface area (Å²) in [7, 11) is 0. The molecule has 5 nitrogen and oxygen atoms in total. The van der Waals surface area contributed by atoms with Crippen LogP contribution in [-0.4, -0.2) is 20.2 Å². The minimum absolute atomic E-state index is 0.372. The summed E-state index contributed by atoms with van der Waals surface area (Å²) >= 11 is 18.6. The Morgan fingerprint density at radius 3 is 2.33 bits per heavy atom. The highest BCUT2D eigenvalue weighted by molar-refractivity contribution is 6.38. The average Bonchev–Trinajstić information content (AvgIpc) is 2.91. The Hall–Kier alpha value is -1.82. The van der Waals surface area contributed by atoms with Crippen LogP contribution in [0.5, 0.6) is 0 Å². The second-order valence-electron chi connectivity index (χ2n) is 4.19. The van der Waals surface area contributed by atoms with Crippen LogP contribution < -0.4 is 5.73 Å². The third kappa shape index (κ3) is 2.44. The van der Waals surface area contributed by atoms with E-state index in [1.165, 1.54) is 4.68 Å². The number of hydrogen-bond acceptors (Lipinski definition) is 4. The van der Waals surface area contributed by atoms with Crippen molar-refractivity contribution >= 4 is 40.5 Å². The predicted octanol–water partition coefficient (Wildman–Crippen LogP) is 3.87. The van der Waals surface area contributed by atoms with Gasteiger partial charge in [-0.25, -0.2) is 0 Å². The predicted molar refractivity (Wildman–Crippen MR) is 84.0 cm³/mol. The Morgan fingerprint density at radius 1 is 0.952 bits per heavy atom. The Kier molecular flexibility index (Phi) is 3.71. The lowest BCUT2D eigenvalue weighted by Crippen LogP contribution is -2.02. The zero-order valence-electron chi connectivity index (χ0n) is 10.5. The normalized spacial score (nSPS) is 10.8. The van der Waals surface area contributed by atoms with Crippen LogP contribution in [0.2, 0.25) is 15.1 Å². The molecule has 2 N–H and O–H groups in total. The molecule has 21 heavy (non-hydrogen) atoms. The number of hydrogen-bond donors (Lipinski definition) is 1. The summed E-state index contributed by atoms with van der Waals surface area (Å²) < 4.78 is 1.44. The molecule has 0 saturated carbocycles. The van der Waals surface area contributed by atoms with Crippen molar-refractivity contribution in [2.24, 2.45) is 0 Å². The third-order valence-corrected chi connectivity index (χ3v) is 3.92. The molecule has 1 aromatic heterocycles. The molecule has 0 atom stereocenters. The fourth-order valence-corrected chi connectivity index (χ4v) is 2.69. The van der Waals surface area contributed by atoms with Gasteiger partial charge in [-0.2, -0.15) is 4.68 Å². The van der Waals surface area contributed by atoms with E-state index in [1.807, 2.05) is 0 Å². The number of benzene rings is 2. The quantitative estimate of drug-likeness (QED) is 0.719. The summed E-state index contributed by atoms with van der Waals surface area (Å²) in [4.78, 5) is 0. The van der Waals surface area contributed by atoms with E-state index >= 15 is 0 Å². The molecule has 0 aliphatic rings. The summed E-state index contributed by atoms with van der Waals surface area (Å²) in [6.45, 7) is 0. The zero-order valence-corrected chi connectivity index (χ0v) is 12.7. The maximum absolute atomic E-state index is 6.22. The molecule has 2 aromatic carbocycles. The van der Waals surface area contributed by atoms with Crippen LogP contribution in [0.25, 0.3) is 17.1 Å². The number of anilines is 1. The Bertz CT molecular complexity index is 795. The Labute approximate surface area is 135 Å². The topological polar surface area (TPSA) is 69.6 Å². The molecule has 0 unspecified atom stereocenters. The summed E-state index contributed by atoms with van der Waals surface area (Å²) in [5.74, 6) is 0.405. The zero-order chi connectivity index (χ0) is 15.0. The van der Waals surface area contributed by atoms with Gasteiger partial charge in [-0.15, -0.1) is 5.10 Å². The van der Waals surface area contributed by atoms with Crippen molar-refractivity contribution in [2.45, 2.75) is 0 Å². The van der Waals surface area contributed by atoms with Crippen molar-refractivity contribution in [2.75, 3.05) is 5.73 Å². The highest BCUT2D eigenvalue weighted by Crippen LogP contribution is 2.34. The van der Waals surface area contributed by atoms with Gasteiger partial charge in [0.25, 0.3) is 0 Å². The number of nitrogens with two attached hydrogens (primary N) is 1. The van der Waals surface area contributed by atoms with Crippen molar-refractivity contribution in [3.8, 4) is 17.1 Å². The minimum Gasteiger partial charge on any atom is -0.398 e. The van der Waals surface area contributed by atoms with E-state index in [9.17, 15) is 0 Å². The highest BCUT2D eigenvalue weighted by Gasteiger charge is 2.18. The molecule has 106 valence electrons. The average molecular weight is 341 g/mol. The molecule has 0 aliphatic heterocycles. The van der Waals surface area contributed by atoms with Crippen molar-refractivity contribution in [1.29, 1.82) is 0 Å². The van der Waals surface area contributed by atoms with Crippen LogP contribution in [-0.2, 0) is 0 Å². The standard InChI is InChI=1S/C13H8Cl3N5/c14-8-4-2-5-9(15)12(8)21-13(18-19-20-21)7-3-1-6-10(17)11(7)16/h1-6H,17H2. The molecule has 8 heteroatoms. The number of rotatable bonds is 2. The van der Waals surface area contributed by atoms with Gasteiger partial charge in [0.05, 0.1) is 20.8 Å². The number of para-hydroxylation sites is 1. The molecule has 0 spiro atoms. The second kappa shape index (κ2) is 5.52. The highest BCUT2D eigenvalue weighted by atomic mass is 35.5. The van der Waals surface area contributed by atoms with Crippen LogP contribution in [0.15, 0.2) is 36.4 Å². The van der Waals surface area contributed by atoms with Gasteiger partial charge in [0, 0.05) is 5.56 Å². The fraction of sp³-hybridized carbons (Fsp3) is 0. The molecule has 0 saturated heterocycles. The lowest BCUT2D eigenvalue weighted by Gasteiger charge is -2.10. The van der Waals surface area contributed by atoms with Gasteiger partial charge in [-0.1, -0.05) is 46.9 Å². The number of aromatic nitrogens is 4. The summed E-state index contributed by atoms with van der Waals surface area (Å²) in [5, 5.41) is 12.8. The van der Waals surface area contributed by atoms with Gasteiger partial charge in [0.15, 0.2) is 5.82 Å². The van der Waals surface area contributed by atoms with E-state index in [4.69, 9.17) is 40.5 Å².